The number of carbonyl (C=O) groups excluding carboxylic acids is 5. The highest BCUT2D eigenvalue weighted by molar-refractivity contribution is 7.99. The maximum atomic E-state index is 12.1. The smallest absolute Gasteiger partial charge is 0.407 e. The van der Waals surface area contributed by atoms with E-state index in [1.807, 2.05) is 0 Å². The molecule has 2 N–H and O–H groups in total. The third kappa shape index (κ3) is 16.2. The summed E-state index contributed by atoms with van der Waals surface area (Å²) in [4.78, 5) is 58.3. The lowest BCUT2D eigenvalue weighted by molar-refractivity contribution is -0.139. The van der Waals surface area contributed by atoms with Crippen molar-refractivity contribution in [2.45, 2.75) is 26.9 Å². The highest BCUT2D eigenvalue weighted by Gasteiger charge is 2.19. The molecule has 202 valence electrons. The fourth-order valence-corrected chi connectivity index (χ4v) is 2.88. The Morgan fingerprint density at radius 2 is 1.31 bits per heavy atom. The number of nitrogens with one attached hydrogen (secondary N) is 2. The van der Waals surface area contributed by atoms with Crippen LogP contribution in [0.4, 0.5) is 9.59 Å². The van der Waals surface area contributed by atoms with Gasteiger partial charge in [0.15, 0.2) is 0 Å². The molecule has 36 heavy (non-hydrogen) atoms. The standard InChI is InChI=1S/C23H34N2O10S/c1-7-31-21(28)17(6)13-36-14-18(35-23(30)25-9-11-33-20(27)16(4)5)12-34-22(29)24-8-10-32-19(26)15(2)3/h18H,2,4,6-14H2,1,3,5H3,(H,24,29)(H,25,30). The van der Waals surface area contributed by atoms with Crippen LogP contribution in [-0.4, -0.2) is 87.2 Å². The van der Waals surface area contributed by atoms with Crippen LogP contribution in [0.25, 0.3) is 0 Å². The van der Waals surface area contributed by atoms with Crippen molar-refractivity contribution in [3.8, 4) is 0 Å². The Balaban J connectivity index is 4.63. The molecule has 0 bridgehead atoms. The van der Waals surface area contributed by atoms with Crippen LogP contribution in [0, 0.1) is 0 Å². The zero-order chi connectivity index (χ0) is 27.5. The fraction of sp³-hybridized carbons (Fsp3) is 0.522. The van der Waals surface area contributed by atoms with E-state index < -0.39 is 36.2 Å². The van der Waals surface area contributed by atoms with E-state index in [0.29, 0.717) is 0 Å². The quantitative estimate of drug-likeness (QED) is 0.123. The molecule has 0 radical (unpaired) electrons. The molecule has 0 spiro atoms. The molecule has 0 aliphatic rings. The van der Waals surface area contributed by atoms with E-state index in [1.54, 1.807) is 6.92 Å². The number of amides is 2. The average molecular weight is 531 g/mol. The van der Waals surface area contributed by atoms with Crippen molar-refractivity contribution >= 4 is 41.9 Å². The summed E-state index contributed by atoms with van der Waals surface area (Å²) < 4.78 is 24.9. The first-order chi connectivity index (χ1) is 17.0. The highest BCUT2D eigenvalue weighted by Crippen LogP contribution is 2.12. The molecule has 0 rings (SSSR count). The molecule has 0 saturated heterocycles. The number of alkyl carbamates (subject to hydrolysis) is 2. The number of ether oxygens (including phenoxy) is 5. The Bertz CT molecular complexity index is 828. The maximum Gasteiger partial charge on any atom is 0.407 e. The van der Waals surface area contributed by atoms with Gasteiger partial charge in [-0.1, -0.05) is 19.7 Å². The first kappa shape index (κ1) is 32.5. The lowest BCUT2D eigenvalue weighted by atomic mass is 10.4. The molecule has 0 aromatic rings. The van der Waals surface area contributed by atoms with Gasteiger partial charge in [0.05, 0.1) is 19.7 Å². The van der Waals surface area contributed by atoms with Crippen LogP contribution in [0.3, 0.4) is 0 Å². The Kier molecular flexibility index (Phi) is 17.0. The van der Waals surface area contributed by atoms with Crippen molar-refractivity contribution in [3.05, 3.63) is 36.5 Å². The summed E-state index contributed by atoms with van der Waals surface area (Å²) >= 11 is 1.22. The second-order valence-electron chi connectivity index (χ2n) is 7.15. The molecular formula is C23H34N2O10S. The summed E-state index contributed by atoms with van der Waals surface area (Å²) in [6, 6.07) is 0. The summed E-state index contributed by atoms with van der Waals surface area (Å²) in [5.74, 6) is -1.33. The molecule has 0 aromatic heterocycles. The van der Waals surface area contributed by atoms with Gasteiger partial charge in [0.1, 0.15) is 25.9 Å². The molecule has 1 atom stereocenters. The molecule has 0 aliphatic carbocycles. The van der Waals surface area contributed by atoms with E-state index in [4.69, 9.17) is 23.7 Å². The van der Waals surface area contributed by atoms with Crippen LogP contribution in [-0.2, 0) is 38.1 Å². The van der Waals surface area contributed by atoms with Crippen molar-refractivity contribution in [1.29, 1.82) is 0 Å². The zero-order valence-corrected chi connectivity index (χ0v) is 21.7. The van der Waals surface area contributed by atoms with E-state index in [0.717, 1.165) is 0 Å². The van der Waals surface area contributed by atoms with Gasteiger partial charge in [-0.3, -0.25) is 0 Å². The third-order valence-electron chi connectivity index (χ3n) is 3.72. The van der Waals surface area contributed by atoms with Crippen LogP contribution in [0.2, 0.25) is 0 Å². The van der Waals surface area contributed by atoms with Crippen molar-refractivity contribution in [2.75, 3.05) is 51.0 Å². The summed E-state index contributed by atoms with van der Waals surface area (Å²) in [5.41, 5.74) is 0.684. The first-order valence-electron chi connectivity index (χ1n) is 10.9. The van der Waals surface area contributed by atoms with Gasteiger partial charge in [-0.15, -0.1) is 0 Å². The number of thioether (sulfide) groups is 1. The topological polar surface area (TPSA) is 156 Å². The number of esters is 3. The number of hydrogen-bond donors (Lipinski definition) is 2. The SMILES string of the molecule is C=C(C)C(=O)OCCNC(=O)OCC(CSCC(=C)C(=O)OCC)OC(=O)NCCOC(=O)C(=C)C. The van der Waals surface area contributed by atoms with Gasteiger partial charge in [-0.05, 0) is 20.8 Å². The van der Waals surface area contributed by atoms with Crippen LogP contribution in [0.1, 0.15) is 20.8 Å². The molecule has 0 aliphatic heterocycles. The van der Waals surface area contributed by atoms with Gasteiger partial charge in [-0.25, -0.2) is 24.0 Å². The normalized spacial score (nSPS) is 10.8. The van der Waals surface area contributed by atoms with E-state index in [9.17, 15) is 24.0 Å². The van der Waals surface area contributed by atoms with Crippen molar-refractivity contribution in [2.24, 2.45) is 0 Å². The summed E-state index contributed by atoms with van der Waals surface area (Å²) in [6.07, 6.45) is -2.52. The number of rotatable bonds is 17. The van der Waals surface area contributed by atoms with Crippen LogP contribution in [0.15, 0.2) is 36.5 Å². The molecule has 1 unspecified atom stereocenters. The van der Waals surface area contributed by atoms with Gasteiger partial charge in [0.25, 0.3) is 0 Å². The number of carbonyl (C=O) groups is 5. The Labute approximate surface area is 214 Å². The van der Waals surface area contributed by atoms with Crippen LogP contribution in [0.5, 0.6) is 0 Å². The van der Waals surface area contributed by atoms with E-state index in [2.05, 4.69) is 30.4 Å². The predicted molar refractivity (Wildman–Crippen MR) is 132 cm³/mol. The van der Waals surface area contributed by atoms with Gasteiger partial charge in [-0.2, -0.15) is 11.8 Å². The van der Waals surface area contributed by atoms with Crippen LogP contribution >= 0.6 is 11.8 Å². The molecular weight excluding hydrogens is 496 g/mol. The minimum absolute atomic E-state index is 0.000874. The summed E-state index contributed by atoms with van der Waals surface area (Å²) in [5, 5.41) is 4.80. The van der Waals surface area contributed by atoms with Crippen molar-refractivity contribution < 1.29 is 47.7 Å². The third-order valence-corrected chi connectivity index (χ3v) is 4.88. The van der Waals surface area contributed by atoms with E-state index in [-0.39, 0.29) is 67.7 Å². The second-order valence-corrected chi connectivity index (χ2v) is 8.18. The number of hydrogen-bond acceptors (Lipinski definition) is 11. The maximum absolute atomic E-state index is 12.1. The molecule has 0 heterocycles. The predicted octanol–water partition coefficient (Wildman–Crippen LogP) is 1.90. The van der Waals surface area contributed by atoms with Crippen molar-refractivity contribution in [1.82, 2.24) is 10.6 Å². The molecule has 12 nitrogen and oxygen atoms in total. The van der Waals surface area contributed by atoms with E-state index in [1.165, 1.54) is 25.6 Å². The second kappa shape index (κ2) is 18.8. The largest absolute Gasteiger partial charge is 0.463 e. The Morgan fingerprint density at radius 3 is 1.81 bits per heavy atom. The molecule has 2 amide bonds. The molecule has 0 aromatic carbocycles. The summed E-state index contributed by atoms with van der Waals surface area (Å²) in [7, 11) is 0. The van der Waals surface area contributed by atoms with Gasteiger partial charge < -0.3 is 34.3 Å². The first-order valence-corrected chi connectivity index (χ1v) is 12.1. The van der Waals surface area contributed by atoms with Gasteiger partial charge in [0, 0.05) is 28.2 Å². The van der Waals surface area contributed by atoms with Crippen LogP contribution < -0.4 is 10.6 Å². The minimum atomic E-state index is -0.880. The Hall–Kier alpha value is -3.48. The monoisotopic (exact) mass is 530 g/mol. The Morgan fingerprint density at radius 1 is 0.778 bits per heavy atom. The average Bonchev–Trinajstić information content (AvgIpc) is 2.82. The lowest BCUT2D eigenvalue weighted by Gasteiger charge is -2.18. The van der Waals surface area contributed by atoms with Crippen molar-refractivity contribution in [3.63, 3.8) is 0 Å². The highest BCUT2D eigenvalue weighted by atomic mass is 32.2. The fourth-order valence-electron chi connectivity index (χ4n) is 1.97. The van der Waals surface area contributed by atoms with Gasteiger partial charge in [0.2, 0.25) is 0 Å². The van der Waals surface area contributed by atoms with E-state index >= 15 is 0 Å². The van der Waals surface area contributed by atoms with Gasteiger partial charge >= 0.3 is 30.1 Å². The zero-order valence-electron chi connectivity index (χ0n) is 20.8. The summed E-state index contributed by atoms with van der Waals surface area (Å²) in [6.45, 7) is 14.9. The minimum Gasteiger partial charge on any atom is -0.463 e. The molecule has 0 fully saturated rings. The lowest BCUT2D eigenvalue weighted by Crippen LogP contribution is -2.37. The molecule has 13 heteroatoms. The molecule has 0 saturated carbocycles.